The molecule has 3 heteroatoms. The van der Waals surface area contributed by atoms with E-state index in [9.17, 15) is 4.79 Å². The molecule has 1 heterocycles. The van der Waals surface area contributed by atoms with Gasteiger partial charge in [0.15, 0.2) is 0 Å². The van der Waals surface area contributed by atoms with E-state index in [1.54, 1.807) is 0 Å². The van der Waals surface area contributed by atoms with E-state index in [1.807, 2.05) is 0 Å². The maximum atomic E-state index is 11.4. The van der Waals surface area contributed by atoms with E-state index < -0.39 is 0 Å². The topological polar surface area (TPSA) is 41.1 Å². The molecule has 0 aromatic rings. The van der Waals surface area contributed by atoms with E-state index in [4.69, 9.17) is 0 Å². The molecule has 0 bridgehead atoms. The van der Waals surface area contributed by atoms with Gasteiger partial charge in [-0.15, -0.1) is 0 Å². The number of carbonyl (C=O) groups excluding carboxylic acids is 1. The first-order chi connectivity index (χ1) is 7.24. The van der Waals surface area contributed by atoms with Crippen LogP contribution in [0.1, 0.15) is 45.4 Å². The molecule has 0 spiro atoms. The summed E-state index contributed by atoms with van der Waals surface area (Å²) < 4.78 is 0. The summed E-state index contributed by atoms with van der Waals surface area (Å²) in [6, 6.07) is 1.08. The van der Waals surface area contributed by atoms with Crippen molar-refractivity contribution in [2.45, 2.75) is 57.5 Å². The highest BCUT2D eigenvalue weighted by atomic mass is 16.1. The molecule has 1 saturated carbocycles. The van der Waals surface area contributed by atoms with Crippen LogP contribution < -0.4 is 10.6 Å². The molecule has 3 nitrogen and oxygen atoms in total. The molecule has 1 aliphatic carbocycles. The largest absolute Gasteiger partial charge is 0.356 e. The van der Waals surface area contributed by atoms with Crippen molar-refractivity contribution < 1.29 is 4.79 Å². The average molecular weight is 210 g/mol. The maximum absolute atomic E-state index is 11.4. The Bertz CT molecular complexity index is 230. The number of hydrogen-bond donors (Lipinski definition) is 2. The van der Waals surface area contributed by atoms with Crippen molar-refractivity contribution >= 4 is 5.91 Å². The standard InChI is InChI=1S/C12H22N2O/c1-9-4-5-11(7-9)14-10-3-2-6-13-12(15)8-10/h9-11,14H,2-8H2,1H3,(H,13,15). The van der Waals surface area contributed by atoms with Gasteiger partial charge in [-0.3, -0.25) is 4.79 Å². The van der Waals surface area contributed by atoms with Crippen LogP contribution in [0.3, 0.4) is 0 Å². The van der Waals surface area contributed by atoms with Gasteiger partial charge in [0.1, 0.15) is 0 Å². The SMILES string of the molecule is CC1CCC(NC2CCCNC(=O)C2)C1. The van der Waals surface area contributed by atoms with E-state index in [-0.39, 0.29) is 5.91 Å². The zero-order valence-corrected chi connectivity index (χ0v) is 9.59. The van der Waals surface area contributed by atoms with Gasteiger partial charge in [-0.05, 0) is 38.0 Å². The monoisotopic (exact) mass is 210 g/mol. The average Bonchev–Trinajstić information content (AvgIpc) is 2.46. The van der Waals surface area contributed by atoms with Gasteiger partial charge < -0.3 is 10.6 Å². The Balaban J connectivity index is 1.79. The molecule has 0 aromatic heterocycles. The lowest BCUT2D eigenvalue weighted by molar-refractivity contribution is -0.121. The molecule has 2 N–H and O–H groups in total. The van der Waals surface area contributed by atoms with Crippen molar-refractivity contribution in [3.63, 3.8) is 0 Å². The van der Waals surface area contributed by atoms with Crippen LogP contribution in [0.15, 0.2) is 0 Å². The van der Waals surface area contributed by atoms with E-state index in [0.717, 1.165) is 25.3 Å². The van der Waals surface area contributed by atoms with Crippen LogP contribution in [-0.2, 0) is 4.79 Å². The molecule has 1 saturated heterocycles. The van der Waals surface area contributed by atoms with Gasteiger partial charge >= 0.3 is 0 Å². The van der Waals surface area contributed by atoms with Crippen LogP contribution in [0.5, 0.6) is 0 Å². The molecule has 2 fully saturated rings. The molecule has 0 radical (unpaired) electrons. The molecule has 1 amide bonds. The van der Waals surface area contributed by atoms with E-state index in [2.05, 4.69) is 17.6 Å². The Morgan fingerprint density at radius 3 is 2.87 bits per heavy atom. The van der Waals surface area contributed by atoms with Crippen molar-refractivity contribution in [1.29, 1.82) is 0 Å². The fourth-order valence-corrected chi connectivity index (χ4v) is 2.81. The number of hydrogen-bond acceptors (Lipinski definition) is 2. The number of amides is 1. The van der Waals surface area contributed by atoms with Gasteiger partial charge in [-0.25, -0.2) is 0 Å². The molecule has 0 aromatic carbocycles. The van der Waals surface area contributed by atoms with E-state index >= 15 is 0 Å². The van der Waals surface area contributed by atoms with Crippen LogP contribution in [0.2, 0.25) is 0 Å². The normalized spacial score (nSPS) is 37.4. The fourth-order valence-electron chi connectivity index (χ4n) is 2.81. The first-order valence-electron chi connectivity index (χ1n) is 6.27. The summed E-state index contributed by atoms with van der Waals surface area (Å²) >= 11 is 0. The van der Waals surface area contributed by atoms with Gasteiger partial charge in [0, 0.05) is 25.0 Å². The van der Waals surface area contributed by atoms with E-state index in [0.29, 0.717) is 18.5 Å². The lowest BCUT2D eigenvalue weighted by Crippen LogP contribution is -2.38. The third-order valence-corrected chi connectivity index (χ3v) is 3.65. The summed E-state index contributed by atoms with van der Waals surface area (Å²) in [6.45, 7) is 3.18. The second-order valence-electron chi connectivity index (χ2n) is 5.18. The van der Waals surface area contributed by atoms with Crippen molar-refractivity contribution in [1.82, 2.24) is 10.6 Å². The Morgan fingerprint density at radius 2 is 2.13 bits per heavy atom. The van der Waals surface area contributed by atoms with Gasteiger partial charge in [0.25, 0.3) is 0 Å². The highest BCUT2D eigenvalue weighted by Gasteiger charge is 2.25. The van der Waals surface area contributed by atoms with Crippen molar-refractivity contribution in [3.05, 3.63) is 0 Å². The minimum Gasteiger partial charge on any atom is -0.356 e. The Kier molecular flexibility index (Phi) is 3.62. The van der Waals surface area contributed by atoms with Gasteiger partial charge in [0.2, 0.25) is 5.91 Å². The fraction of sp³-hybridized carbons (Fsp3) is 0.917. The number of nitrogens with one attached hydrogen (secondary N) is 2. The summed E-state index contributed by atoms with van der Waals surface area (Å²) in [7, 11) is 0. The van der Waals surface area contributed by atoms with Crippen LogP contribution in [0.25, 0.3) is 0 Å². The molecular weight excluding hydrogens is 188 g/mol. The van der Waals surface area contributed by atoms with Crippen molar-refractivity contribution in [2.24, 2.45) is 5.92 Å². The molecular formula is C12H22N2O. The predicted molar refractivity (Wildman–Crippen MR) is 60.6 cm³/mol. The summed E-state index contributed by atoms with van der Waals surface area (Å²) in [6.07, 6.45) is 6.86. The molecule has 3 unspecified atom stereocenters. The van der Waals surface area contributed by atoms with E-state index in [1.165, 1.54) is 19.3 Å². The second kappa shape index (κ2) is 4.97. The Morgan fingerprint density at radius 1 is 1.27 bits per heavy atom. The first-order valence-corrected chi connectivity index (χ1v) is 6.27. The van der Waals surface area contributed by atoms with Gasteiger partial charge in [-0.2, -0.15) is 0 Å². The highest BCUT2D eigenvalue weighted by Crippen LogP contribution is 2.25. The zero-order chi connectivity index (χ0) is 10.7. The lowest BCUT2D eigenvalue weighted by Gasteiger charge is -2.20. The minimum atomic E-state index is 0.219. The molecule has 2 aliphatic rings. The Labute approximate surface area is 92.0 Å². The van der Waals surface area contributed by atoms with Crippen molar-refractivity contribution in [2.75, 3.05) is 6.54 Å². The number of carbonyl (C=O) groups is 1. The van der Waals surface area contributed by atoms with Crippen LogP contribution in [0.4, 0.5) is 0 Å². The smallest absolute Gasteiger partial charge is 0.221 e. The summed E-state index contributed by atoms with van der Waals surface area (Å²) in [5.41, 5.74) is 0. The maximum Gasteiger partial charge on any atom is 0.221 e. The lowest BCUT2D eigenvalue weighted by atomic mass is 10.1. The van der Waals surface area contributed by atoms with Crippen LogP contribution in [0, 0.1) is 5.92 Å². The highest BCUT2D eigenvalue weighted by molar-refractivity contribution is 5.76. The van der Waals surface area contributed by atoms with Crippen molar-refractivity contribution in [3.8, 4) is 0 Å². The summed E-state index contributed by atoms with van der Waals surface area (Å²) in [4.78, 5) is 11.4. The van der Waals surface area contributed by atoms with Crippen LogP contribution >= 0.6 is 0 Å². The van der Waals surface area contributed by atoms with Gasteiger partial charge in [-0.1, -0.05) is 6.92 Å². The summed E-state index contributed by atoms with van der Waals surface area (Å²) in [5, 5.41) is 6.59. The molecule has 86 valence electrons. The minimum absolute atomic E-state index is 0.219. The van der Waals surface area contributed by atoms with Gasteiger partial charge in [0.05, 0.1) is 0 Å². The zero-order valence-electron chi connectivity index (χ0n) is 9.59. The summed E-state index contributed by atoms with van der Waals surface area (Å²) in [5.74, 6) is 1.08. The third-order valence-electron chi connectivity index (χ3n) is 3.65. The molecule has 1 aliphatic heterocycles. The molecule has 2 rings (SSSR count). The second-order valence-corrected chi connectivity index (χ2v) is 5.18. The number of rotatable bonds is 2. The molecule has 3 atom stereocenters. The molecule has 15 heavy (non-hydrogen) atoms. The quantitative estimate of drug-likeness (QED) is 0.724. The Hall–Kier alpha value is -0.570. The predicted octanol–water partition coefficient (Wildman–Crippen LogP) is 1.43. The van der Waals surface area contributed by atoms with Crippen LogP contribution in [-0.4, -0.2) is 24.5 Å². The first kappa shape index (κ1) is 10.9. The third kappa shape index (κ3) is 3.20.